The molecule has 2 heterocycles. The summed E-state index contributed by atoms with van der Waals surface area (Å²) in [6.45, 7) is 6.76. The molecular weight excluding hydrogens is 318 g/mol. The maximum atomic E-state index is 11.0. The summed E-state index contributed by atoms with van der Waals surface area (Å²) in [5.41, 5.74) is 3.61. The van der Waals surface area contributed by atoms with Crippen LogP contribution in [0.2, 0.25) is 0 Å². The van der Waals surface area contributed by atoms with Crippen LogP contribution in [-0.2, 0) is 19.1 Å². The molecule has 1 fully saturated rings. The number of hydroxylamine groups is 1. The van der Waals surface area contributed by atoms with Gasteiger partial charge in [0.1, 0.15) is 0 Å². The Labute approximate surface area is 140 Å². The van der Waals surface area contributed by atoms with Gasteiger partial charge in [0.15, 0.2) is 0 Å². The molecule has 2 rings (SSSR count). The number of hydrogen-bond donors (Lipinski definition) is 2. The second-order valence-corrected chi connectivity index (χ2v) is 6.59. The fourth-order valence-corrected chi connectivity index (χ4v) is 2.82. The Hall–Kier alpha value is -1.41. The Bertz CT molecular complexity index is 509. The molecule has 2 N–H and O–H groups in total. The van der Waals surface area contributed by atoms with Crippen LogP contribution in [0.4, 0.5) is 0 Å². The fraction of sp³-hybridized carbons (Fsp3) is 0.562. The summed E-state index contributed by atoms with van der Waals surface area (Å²) >= 11 is 1.61. The number of aliphatic carboxylic acids is 1. The van der Waals surface area contributed by atoms with Gasteiger partial charge in [0.2, 0.25) is 0 Å². The summed E-state index contributed by atoms with van der Waals surface area (Å²) in [6.07, 6.45) is 2.79. The first-order chi connectivity index (χ1) is 11.0. The SMILES string of the molecule is C=C(NOCCCCC1COC(C)(C(=O)O)OC1)c1cccs1. The molecule has 0 aliphatic carbocycles. The first-order valence-corrected chi connectivity index (χ1v) is 8.51. The molecule has 0 saturated carbocycles. The van der Waals surface area contributed by atoms with E-state index in [0.29, 0.717) is 19.8 Å². The molecule has 1 aromatic heterocycles. The summed E-state index contributed by atoms with van der Waals surface area (Å²) < 4.78 is 10.6. The fourth-order valence-electron chi connectivity index (χ4n) is 2.18. The Morgan fingerprint density at radius 2 is 2.26 bits per heavy atom. The van der Waals surface area contributed by atoms with E-state index in [9.17, 15) is 4.79 Å². The van der Waals surface area contributed by atoms with Crippen LogP contribution in [-0.4, -0.2) is 36.7 Å². The van der Waals surface area contributed by atoms with Gasteiger partial charge in [-0.3, -0.25) is 10.3 Å². The molecule has 7 heteroatoms. The Morgan fingerprint density at radius 1 is 1.52 bits per heavy atom. The maximum Gasteiger partial charge on any atom is 0.364 e. The van der Waals surface area contributed by atoms with Crippen LogP contribution >= 0.6 is 11.3 Å². The van der Waals surface area contributed by atoms with Crippen LogP contribution in [0.5, 0.6) is 0 Å². The van der Waals surface area contributed by atoms with Crippen LogP contribution in [0.25, 0.3) is 5.70 Å². The van der Waals surface area contributed by atoms with Crippen molar-refractivity contribution in [2.45, 2.75) is 32.0 Å². The second-order valence-electron chi connectivity index (χ2n) is 5.64. The Balaban J connectivity index is 1.52. The molecule has 128 valence electrons. The first-order valence-electron chi connectivity index (χ1n) is 7.63. The van der Waals surface area contributed by atoms with Gasteiger partial charge in [0.25, 0.3) is 5.79 Å². The lowest BCUT2D eigenvalue weighted by Crippen LogP contribution is -2.47. The summed E-state index contributed by atoms with van der Waals surface area (Å²) in [6, 6.07) is 3.95. The lowest BCUT2D eigenvalue weighted by molar-refractivity contribution is -0.271. The second kappa shape index (κ2) is 8.44. The van der Waals surface area contributed by atoms with Gasteiger partial charge < -0.3 is 14.6 Å². The molecule has 1 aromatic rings. The summed E-state index contributed by atoms with van der Waals surface area (Å²) in [7, 11) is 0. The highest BCUT2D eigenvalue weighted by molar-refractivity contribution is 7.11. The number of thiophene rings is 1. The molecule has 0 unspecified atom stereocenters. The van der Waals surface area contributed by atoms with Crippen LogP contribution in [0.15, 0.2) is 24.1 Å². The van der Waals surface area contributed by atoms with E-state index >= 15 is 0 Å². The van der Waals surface area contributed by atoms with Gasteiger partial charge in [-0.1, -0.05) is 19.1 Å². The maximum absolute atomic E-state index is 11.0. The van der Waals surface area contributed by atoms with Crippen molar-refractivity contribution in [2.75, 3.05) is 19.8 Å². The Kier molecular flexibility index (Phi) is 6.59. The van der Waals surface area contributed by atoms with Crippen LogP contribution < -0.4 is 5.48 Å². The highest BCUT2D eigenvalue weighted by Gasteiger charge is 2.40. The highest BCUT2D eigenvalue weighted by Crippen LogP contribution is 2.24. The molecule has 0 bridgehead atoms. The molecule has 0 aromatic carbocycles. The van der Waals surface area contributed by atoms with Crippen molar-refractivity contribution in [3.63, 3.8) is 0 Å². The van der Waals surface area contributed by atoms with Gasteiger partial charge in [0.05, 0.1) is 30.4 Å². The molecule has 1 aliphatic rings. The molecule has 0 amide bonds. The molecule has 0 atom stereocenters. The van der Waals surface area contributed by atoms with E-state index in [0.717, 1.165) is 29.8 Å². The minimum atomic E-state index is -1.49. The van der Waals surface area contributed by atoms with E-state index in [-0.39, 0.29) is 5.92 Å². The third kappa shape index (κ3) is 5.31. The molecule has 0 spiro atoms. The third-order valence-electron chi connectivity index (χ3n) is 3.70. The molecule has 1 aliphatic heterocycles. The van der Waals surface area contributed by atoms with Gasteiger partial charge in [-0.15, -0.1) is 11.3 Å². The monoisotopic (exact) mass is 341 g/mol. The Morgan fingerprint density at radius 3 is 2.87 bits per heavy atom. The van der Waals surface area contributed by atoms with Crippen molar-refractivity contribution in [2.24, 2.45) is 5.92 Å². The van der Waals surface area contributed by atoms with Crippen LogP contribution in [0.3, 0.4) is 0 Å². The minimum absolute atomic E-state index is 0.233. The van der Waals surface area contributed by atoms with Crippen LogP contribution in [0.1, 0.15) is 31.1 Å². The topological polar surface area (TPSA) is 77.0 Å². The quantitative estimate of drug-likeness (QED) is 0.531. The smallest absolute Gasteiger partial charge is 0.364 e. The van der Waals surface area contributed by atoms with Gasteiger partial charge in [0, 0.05) is 12.8 Å². The molecule has 6 nitrogen and oxygen atoms in total. The van der Waals surface area contributed by atoms with E-state index < -0.39 is 11.8 Å². The summed E-state index contributed by atoms with van der Waals surface area (Å²) in [4.78, 5) is 17.4. The number of ether oxygens (including phenoxy) is 2. The van der Waals surface area contributed by atoms with E-state index in [1.54, 1.807) is 11.3 Å². The van der Waals surface area contributed by atoms with Gasteiger partial charge >= 0.3 is 5.97 Å². The van der Waals surface area contributed by atoms with Crippen molar-refractivity contribution >= 4 is 23.0 Å². The standard InChI is InChI=1S/C16H23NO5S/c1-12(14-7-5-9-23-14)17-22-8-4-3-6-13-10-20-16(2,15(18)19)21-11-13/h5,7,9,13,17H,1,3-4,6,8,10-11H2,2H3,(H,18,19). The number of carbonyl (C=O) groups is 1. The van der Waals surface area contributed by atoms with E-state index in [1.165, 1.54) is 6.92 Å². The zero-order valence-corrected chi connectivity index (χ0v) is 14.1. The minimum Gasteiger partial charge on any atom is -0.477 e. The predicted octanol–water partition coefficient (Wildman–Crippen LogP) is 2.87. The molecular formula is C16H23NO5S. The number of rotatable bonds is 9. The number of hydrogen-bond acceptors (Lipinski definition) is 6. The predicted molar refractivity (Wildman–Crippen MR) is 87.7 cm³/mol. The van der Waals surface area contributed by atoms with Crippen molar-refractivity contribution in [1.82, 2.24) is 5.48 Å². The van der Waals surface area contributed by atoms with Crippen molar-refractivity contribution in [3.8, 4) is 0 Å². The van der Waals surface area contributed by atoms with E-state index in [2.05, 4.69) is 12.1 Å². The van der Waals surface area contributed by atoms with Gasteiger partial charge in [-0.25, -0.2) is 4.79 Å². The highest BCUT2D eigenvalue weighted by atomic mass is 32.1. The molecule has 1 saturated heterocycles. The summed E-state index contributed by atoms with van der Waals surface area (Å²) in [5.74, 6) is -2.34. The zero-order chi connectivity index (χ0) is 16.7. The van der Waals surface area contributed by atoms with Crippen molar-refractivity contribution < 1.29 is 24.2 Å². The van der Waals surface area contributed by atoms with Crippen LogP contribution in [0, 0.1) is 5.92 Å². The number of unbranched alkanes of at least 4 members (excludes halogenated alkanes) is 1. The normalized spacial score (nSPS) is 24.3. The molecule has 23 heavy (non-hydrogen) atoms. The van der Waals surface area contributed by atoms with E-state index in [4.69, 9.17) is 19.4 Å². The average molecular weight is 341 g/mol. The third-order valence-corrected chi connectivity index (χ3v) is 4.63. The van der Waals surface area contributed by atoms with Crippen molar-refractivity contribution in [3.05, 3.63) is 29.0 Å². The number of carboxylic acid groups (broad SMARTS) is 1. The van der Waals surface area contributed by atoms with Gasteiger partial charge in [-0.05, 0) is 24.3 Å². The average Bonchev–Trinajstić information content (AvgIpc) is 3.06. The van der Waals surface area contributed by atoms with Gasteiger partial charge in [-0.2, -0.15) is 0 Å². The number of nitrogens with one attached hydrogen (secondary N) is 1. The zero-order valence-electron chi connectivity index (χ0n) is 13.2. The number of carboxylic acids is 1. The summed E-state index contributed by atoms with van der Waals surface area (Å²) in [5, 5.41) is 11.0. The molecule has 0 radical (unpaired) electrons. The largest absolute Gasteiger partial charge is 0.477 e. The first kappa shape index (κ1) is 17.9. The lowest BCUT2D eigenvalue weighted by atomic mass is 10.0. The van der Waals surface area contributed by atoms with E-state index in [1.807, 2.05) is 17.5 Å². The van der Waals surface area contributed by atoms with Crippen molar-refractivity contribution in [1.29, 1.82) is 0 Å². The lowest BCUT2D eigenvalue weighted by Gasteiger charge is -2.34.